The highest BCUT2D eigenvalue weighted by molar-refractivity contribution is 5.83. The predicted octanol–water partition coefficient (Wildman–Crippen LogP) is -0.453. The Bertz CT molecular complexity index is 640. The van der Waals surface area contributed by atoms with Crippen LogP contribution >= 0.6 is 0 Å². The molecule has 0 aliphatic rings. The molecule has 0 radical (unpaired) electrons. The molecule has 2 N–H and O–H groups in total. The molecule has 6 nitrogen and oxygen atoms in total. The number of nitrogens with one attached hydrogen (secondary N) is 2. The second kappa shape index (κ2) is 3.89. The minimum atomic E-state index is -1.08. The smallest absolute Gasteiger partial charge is 0.436 e. The van der Waals surface area contributed by atoms with Crippen LogP contribution in [0.4, 0.5) is 0 Å². The van der Waals surface area contributed by atoms with Gasteiger partial charge in [-0.1, -0.05) is 12.1 Å². The Kier molecular flexibility index (Phi) is 2.55. The summed E-state index contributed by atoms with van der Waals surface area (Å²) < 4.78 is 5.74. The molecule has 0 bridgehead atoms. The van der Waals surface area contributed by atoms with Gasteiger partial charge in [0.15, 0.2) is 0 Å². The van der Waals surface area contributed by atoms with E-state index in [1.165, 1.54) is 4.68 Å². The summed E-state index contributed by atoms with van der Waals surface area (Å²) in [5.74, 6) is -1.08. The molecule has 0 atom stereocenters. The van der Waals surface area contributed by atoms with Gasteiger partial charge in [0.1, 0.15) is 0 Å². The third kappa shape index (κ3) is 1.73. The highest BCUT2D eigenvalue weighted by Crippen LogP contribution is 2.11. The highest BCUT2D eigenvalue weighted by Gasteiger charge is 2.24. The molecule has 1 aromatic carbocycles. The number of rotatable bonds is 2. The lowest BCUT2D eigenvalue weighted by Gasteiger charge is -2.03. The highest BCUT2D eigenvalue weighted by atomic mass is 16.5. The zero-order valence-electron chi connectivity index (χ0n) is 9.40. The summed E-state index contributed by atoms with van der Waals surface area (Å²) >= 11 is 0. The molecule has 0 saturated carbocycles. The van der Waals surface area contributed by atoms with Gasteiger partial charge in [0.2, 0.25) is 5.69 Å². The molecule has 0 unspecified atom stereocenters. The molecule has 0 spiro atoms. The maximum absolute atomic E-state index is 11.3. The summed E-state index contributed by atoms with van der Waals surface area (Å²) in [4.78, 5) is 11.3. The van der Waals surface area contributed by atoms with Gasteiger partial charge < -0.3 is 10.5 Å². The van der Waals surface area contributed by atoms with E-state index in [1.54, 1.807) is 12.1 Å². The number of hydrogen-bond acceptors (Lipinski definition) is 4. The predicted molar refractivity (Wildman–Crippen MR) is 57.2 cm³/mol. The van der Waals surface area contributed by atoms with Crippen molar-refractivity contribution in [3.63, 3.8) is 0 Å². The zero-order valence-corrected chi connectivity index (χ0v) is 9.40. The first kappa shape index (κ1) is 11.1. The number of benzene rings is 1. The Labute approximate surface area is 96.6 Å². The molecular weight excluding hydrogens is 222 g/mol. The average Bonchev–Trinajstić information content (AvgIpc) is 2.64. The first-order valence-corrected chi connectivity index (χ1v) is 4.98. The third-order valence-corrected chi connectivity index (χ3v) is 2.68. The van der Waals surface area contributed by atoms with Crippen LogP contribution in [0.15, 0.2) is 27.5 Å². The van der Waals surface area contributed by atoms with E-state index in [-0.39, 0.29) is 5.69 Å². The molecule has 2 rings (SSSR count). The van der Waals surface area contributed by atoms with Gasteiger partial charge in [-0.15, -0.1) is 0 Å². The molecule has 6 heteroatoms. The summed E-state index contributed by atoms with van der Waals surface area (Å²) in [6.07, 6.45) is 0. The van der Waals surface area contributed by atoms with Crippen molar-refractivity contribution >= 4 is 5.90 Å². The summed E-state index contributed by atoms with van der Waals surface area (Å²) in [5.41, 5.74) is 1.36. The molecule has 0 aliphatic carbocycles. The zero-order chi connectivity index (χ0) is 12.6. The maximum Gasteiger partial charge on any atom is 0.436 e. The standard InChI is InChI=1S/C11H11N3O3/c1-6-4-3-5-8(7(6)2)14-9(10(12)15)11(16)17-13-14/h3-5H,1-2H3,(H2-,12,13,15,16). The molecule has 1 heterocycles. The topological polar surface area (TPSA) is 96.8 Å². The maximum atomic E-state index is 11.3. The second-order valence-corrected chi connectivity index (χ2v) is 3.71. The van der Waals surface area contributed by atoms with Gasteiger partial charge in [0.25, 0.3) is 0 Å². The normalized spacial score (nSPS) is 10.5. The Morgan fingerprint density at radius 2 is 2.18 bits per heavy atom. The SMILES string of the molecule is Cc1cccc(-[n+]2[nH]oc(=O)c2C(=N)[O-])c1C. The van der Waals surface area contributed by atoms with Crippen molar-refractivity contribution in [1.29, 1.82) is 5.41 Å². The lowest BCUT2D eigenvalue weighted by Crippen LogP contribution is -2.45. The Hall–Kier alpha value is -2.37. The fourth-order valence-electron chi connectivity index (χ4n) is 1.61. The number of aromatic nitrogens is 2. The van der Waals surface area contributed by atoms with Crippen LogP contribution in [0.5, 0.6) is 0 Å². The van der Waals surface area contributed by atoms with Crippen LogP contribution in [0.2, 0.25) is 0 Å². The van der Waals surface area contributed by atoms with Crippen LogP contribution in [-0.2, 0) is 0 Å². The fourth-order valence-corrected chi connectivity index (χ4v) is 1.61. The van der Waals surface area contributed by atoms with Crippen molar-refractivity contribution < 1.29 is 14.3 Å². The molecule has 88 valence electrons. The Morgan fingerprint density at radius 3 is 2.82 bits per heavy atom. The van der Waals surface area contributed by atoms with Gasteiger partial charge in [0, 0.05) is 11.6 Å². The Balaban J connectivity index is 2.74. The van der Waals surface area contributed by atoms with Gasteiger partial charge in [0.05, 0.1) is 5.90 Å². The molecule has 1 aromatic heterocycles. The number of hydrogen-bond donors (Lipinski definition) is 2. The van der Waals surface area contributed by atoms with E-state index in [0.29, 0.717) is 5.69 Å². The van der Waals surface area contributed by atoms with E-state index < -0.39 is 11.5 Å². The van der Waals surface area contributed by atoms with Gasteiger partial charge >= 0.3 is 11.3 Å². The average molecular weight is 233 g/mol. The van der Waals surface area contributed by atoms with E-state index in [4.69, 9.17) is 5.41 Å². The van der Waals surface area contributed by atoms with Gasteiger partial charge in [-0.3, -0.25) is 4.52 Å². The van der Waals surface area contributed by atoms with E-state index in [2.05, 4.69) is 9.79 Å². The van der Waals surface area contributed by atoms with E-state index in [0.717, 1.165) is 11.1 Å². The minimum absolute atomic E-state index is 0.335. The lowest BCUT2D eigenvalue weighted by molar-refractivity contribution is -0.674. The van der Waals surface area contributed by atoms with E-state index in [9.17, 15) is 9.90 Å². The van der Waals surface area contributed by atoms with Crippen LogP contribution in [0.25, 0.3) is 5.69 Å². The third-order valence-electron chi connectivity index (χ3n) is 2.68. The second-order valence-electron chi connectivity index (χ2n) is 3.71. The van der Waals surface area contributed by atoms with Crippen LogP contribution in [0.1, 0.15) is 16.8 Å². The van der Waals surface area contributed by atoms with Crippen LogP contribution in [-0.4, -0.2) is 11.2 Å². The molecule has 0 amide bonds. The quantitative estimate of drug-likeness (QED) is 0.417. The lowest BCUT2D eigenvalue weighted by atomic mass is 10.1. The summed E-state index contributed by atoms with van der Waals surface area (Å²) in [5, 5.41) is 20.5. The number of H-pyrrole nitrogens is 1. The van der Waals surface area contributed by atoms with Crippen molar-refractivity contribution in [2.75, 3.05) is 0 Å². The van der Waals surface area contributed by atoms with Gasteiger partial charge in [-0.05, 0) is 29.4 Å². The molecule has 17 heavy (non-hydrogen) atoms. The molecule has 0 fully saturated rings. The molecule has 2 aromatic rings. The summed E-state index contributed by atoms with van der Waals surface area (Å²) in [6.45, 7) is 3.78. The Morgan fingerprint density at radius 1 is 1.47 bits per heavy atom. The van der Waals surface area contributed by atoms with E-state index in [1.807, 2.05) is 19.9 Å². The number of aromatic amines is 1. The van der Waals surface area contributed by atoms with Crippen molar-refractivity contribution in [2.24, 2.45) is 0 Å². The summed E-state index contributed by atoms with van der Waals surface area (Å²) in [6, 6.07) is 5.45. The van der Waals surface area contributed by atoms with Crippen LogP contribution in [0, 0.1) is 19.3 Å². The molecular formula is C11H11N3O3. The minimum Gasteiger partial charge on any atom is -0.854 e. The largest absolute Gasteiger partial charge is 0.854 e. The van der Waals surface area contributed by atoms with Gasteiger partial charge in [-0.25, -0.2) is 4.79 Å². The molecule has 0 aliphatic heterocycles. The summed E-state index contributed by atoms with van der Waals surface area (Å²) in [7, 11) is 0. The fraction of sp³-hybridized carbons (Fsp3) is 0.182. The van der Waals surface area contributed by atoms with Crippen molar-refractivity contribution in [1.82, 2.24) is 5.27 Å². The number of nitrogens with zero attached hydrogens (tertiary/aromatic N) is 1. The van der Waals surface area contributed by atoms with Crippen LogP contribution in [0.3, 0.4) is 0 Å². The monoisotopic (exact) mass is 233 g/mol. The first-order valence-electron chi connectivity index (χ1n) is 4.98. The number of aryl methyl sites for hydroxylation is 1. The van der Waals surface area contributed by atoms with Crippen LogP contribution < -0.4 is 15.4 Å². The van der Waals surface area contributed by atoms with Crippen molar-refractivity contribution in [3.05, 3.63) is 45.4 Å². The van der Waals surface area contributed by atoms with Crippen molar-refractivity contribution in [2.45, 2.75) is 13.8 Å². The van der Waals surface area contributed by atoms with E-state index >= 15 is 0 Å². The van der Waals surface area contributed by atoms with Crippen molar-refractivity contribution in [3.8, 4) is 5.69 Å². The van der Waals surface area contributed by atoms with Gasteiger partial charge in [-0.2, -0.15) is 0 Å². The molecule has 0 saturated heterocycles. The first-order chi connectivity index (χ1) is 8.02.